The smallest absolute Gasteiger partial charge is 0.201 e. The highest BCUT2D eigenvalue weighted by molar-refractivity contribution is 6.38. The van der Waals surface area contributed by atoms with Crippen LogP contribution in [-0.4, -0.2) is 33.4 Å². The summed E-state index contributed by atoms with van der Waals surface area (Å²) >= 11 is 0. The second kappa shape index (κ2) is 12.8. The van der Waals surface area contributed by atoms with E-state index in [9.17, 15) is 25.5 Å². The number of rotatable bonds is 6. The zero-order chi connectivity index (χ0) is 41.3. The predicted octanol–water partition coefficient (Wildman–Crippen LogP) is 12.1. The Bertz CT molecular complexity index is 3500. The van der Waals surface area contributed by atoms with Gasteiger partial charge in [-0.15, -0.1) is 0 Å². The molecule has 0 radical (unpaired) electrons. The van der Waals surface area contributed by atoms with Crippen molar-refractivity contribution in [3.8, 4) is 73.3 Å². The van der Waals surface area contributed by atoms with Gasteiger partial charge in [0, 0.05) is 27.5 Å². The molecular weight excluding hydrogens is 743 g/mol. The minimum atomic E-state index is -0.494. The number of benzene rings is 9. The molecule has 0 unspecified atom stereocenters. The first-order chi connectivity index (χ1) is 29.1. The molecule has 0 bridgehead atoms. The van der Waals surface area contributed by atoms with Crippen LogP contribution in [0.3, 0.4) is 0 Å². The Morgan fingerprint density at radius 1 is 0.533 bits per heavy atom. The van der Waals surface area contributed by atoms with Gasteiger partial charge in [0.05, 0.1) is 5.56 Å². The van der Waals surface area contributed by atoms with Crippen molar-refractivity contribution in [3.05, 3.63) is 138 Å². The highest BCUT2D eigenvalue weighted by Gasteiger charge is 2.33. The van der Waals surface area contributed by atoms with E-state index in [-0.39, 0.29) is 28.9 Å². The predicted molar refractivity (Wildman–Crippen MR) is 247 cm³/mol. The van der Waals surface area contributed by atoms with Crippen molar-refractivity contribution in [2.24, 2.45) is 0 Å². The fourth-order valence-electron chi connectivity index (χ4n) is 10.0. The summed E-state index contributed by atoms with van der Waals surface area (Å²) in [6, 6.07) is 37.0. The van der Waals surface area contributed by atoms with Crippen molar-refractivity contribution < 1.29 is 29.9 Å². The Morgan fingerprint density at radius 2 is 1.15 bits per heavy atom. The standard InChI is InChI=1S/C53H39BO6/c1-4-30-25(2)26(3)48(55)46(49(30)56)37-24-20-28-18-22-35-32(21-17-27-19-23-36(37)42(28)41(27)35)33-11-8-14-40-44(33)39-13-7-12-38(53(39)60-40)31-9-5-6-10-34(31)45-47(54)43(29-15-16-29)50(57)52(59)51(45)58/h4-14,17-24,29,55-59H,1,15-16,54H2,2-3H3. The van der Waals surface area contributed by atoms with E-state index < -0.39 is 5.75 Å². The second-order valence-corrected chi connectivity index (χ2v) is 16.3. The lowest BCUT2D eigenvalue weighted by atomic mass is 9.78. The molecule has 1 fully saturated rings. The minimum absolute atomic E-state index is 0.0120. The summed E-state index contributed by atoms with van der Waals surface area (Å²) in [4.78, 5) is 0. The quantitative estimate of drug-likeness (QED) is 0.0652. The number of hydrogen-bond acceptors (Lipinski definition) is 6. The number of phenols is 5. The molecule has 9 aromatic carbocycles. The lowest BCUT2D eigenvalue weighted by Gasteiger charge is -2.20. The molecule has 1 heterocycles. The summed E-state index contributed by atoms with van der Waals surface area (Å²) < 4.78 is 6.81. The van der Waals surface area contributed by atoms with E-state index in [2.05, 4.69) is 61.2 Å². The zero-order valence-corrected chi connectivity index (χ0v) is 33.3. The molecule has 1 aliphatic rings. The van der Waals surface area contributed by atoms with E-state index in [1.165, 1.54) is 0 Å². The molecule has 11 rings (SSSR count). The molecule has 60 heavy (non-hydrogen) atoms. The van der Waals surface area contributed by atoms with Gasteiger partial charge in [-0.2, -0.15) is 0 Å². The summed E-state index contributed by atoms with van der Waals surface area (Å²) in [7, 11) is 1.90. The Labute approximate surface area is 346 Å². The van der Waals surface area contributed by atoms with Gasteiger partial charge in [-0.05, 0) is 115 Å². The van der Waals surface area contributed by atoms with Crippen LogP contribution in [0.2, 0.25) is 0 Å². The lowest BCUT2D eigenvalue weighted by Crippen LogP contribution is -2.14. The highest BCUT2D eigenvalue weighted by atomic mass is 16.3. The molecule has 0 spiro atoms. The third-order valence-corrected chi connectivity index (χ3v) is 13.2. The normalized spacial score (nSPS) is 13.1. The van der Waals surface area contributed by atoms with Crippen molar-refractivity contribution >= 4 is 73.6 Å². The molecule has 7 heteroatoms. The number of phenolic OH excluding ortho intramolecular Hbond substituents is 5. The van der Waals surface area contributed by atoms with Crippen LogP contribution < -0.4 is 5.46 Å². The van der Waals surface area contributed by atoms with Gasteiger partial charge in [0.1, 0.15) is 30.5 Å². The van der Waals surface area contributed by atoms with Gasteiger partial charge in [0.25, 0.3) is 0 Å². The summed E-state index contributed by atoms with van der Waals surface area (Å²) in [5.74, 6) is -0.861. The van der Waals surface area contributed by atoms with Gasteiger partial charge in [-0.1, -0.05) is 121 Å². The van der Waals surface area contributed by atoms with Crippen molar-refractivity contribution in [1.29, 1.82) is 0 Å². The molecule has 290 valence electrons. The Kier molecular flexibility index (Phi) is 7.64. The first kappa shape index (κ1) is 35.8. The van der Waals surface area contributed by atoms with E-state index in [0.717, 1.165) is 106 Å². The van der Waals surface area contributed by atoms with E-state index in [0.29, 0.717) is 33.4 Å². The molecule has 0 saturated heterocycles. The number of hydrogen-bond donors (Lipinski definition) is 5. The van der Waals surface area contributed by atoms with Gasteiger partial charge < -0.3 is 29.9 Å². The summed E-state index contributed by atoms with van der Waals surface area (Å²) in [5, 5.41) is 64.4. The third kappa shape index (κ3) is 4.83. The van der Waals surface area contributed by atoms with Crippen LogP contribution in [0.5, 0.6) is 28.7 Å². The fourth-order valence-corrected chi connectivity index (χ4v) is 10.0. The lowest BCUT2D eigenvalue weighted by molar-refractivity contribution is 0.367. The van der Waals surface area contributed by atoms with E-state index in [1.54, 1.807) is 6.08 Å². The van der Waals surface area contributed by atoms with Crippen LogP contribution >= 0.6 is 0 Å². The largest absolute Gasteiger partial charge is 0.507 e. The van der Waals surface area contributed by atoms with Crippen LogP contribution in [0.1, 0.15) is 41.0 Å². The highest BCUT2D eigenvalue weighted by Crippen LogP contribution is 2.54. The molecule has 6 nitrogen and oxygen atoms in total. The van der Waals surface area contributed by atoms with Gasteiger partial charge in [0.2, 0.25) is 5.75 Å². The van der Waals surface area contributed by atoms with Crippen molar-refractivity contribution in [2.75, 3.05) is 0 Å². The van der Waals surface area contributed by atoms with Crippen LogP contribution in [0, 0.1) is 13.8 Å². The average Bonchev–Trinajstić information content (AvgIpc) is 4.02. The number of para-hydroxylation sites is 1. The Morgan fingerprint density at radius 3 is 1.85 bits per heavy atom. The first-order valence-electron chi connectivity index (χ1n) is 20.3. The van der Waals surface area contributed by atoms with Crippen LogP contribution in [0.4, 0.5) is 0 Å². The van der Waals surface area contributed by atoms with Crippen molar-refractivity contribution in [2.45, 2.75) is 32.6 Å². The average molecular weight is 783 g/mol. The van der Waals surface area contributed by atoms with Gasteiger partial charge in [-0.3, -0.25) is 0 Å². The number of aromatic hydroxyl groups is 5. The van der Waals surface area contributed by atoms with Crippen molar-refractivity contribution in [1.82, 2.24) is 0 Å². The van der Waals surface area contributed by atoms with E-state index in [4.69, 9.17) is 4.42 Å². The minimum Gasteiger partial charge on any atom is -0.507 e. The monoisotopic (exact) mass is 782 g/mol. The maximum Gasteiger partial charge on any atom is 0.201 e. The summed E-state index contributed by atoms with van der Waals surface area (Å²) in [6.07, 6.45) is 3.49. The zero-order valence-electron chi connectivity index (χ0n) is 33.3. The molecule has 0 atom stereocenters. The molecule has 1 saturated carbocycles. The van der Waals surface area contributed by atoms with Gasteiger partial charge in [0.15, 0.2) is 11.5 Å². The Hall–Kier alpha value is -7.38. The first-order valence-corrected chi connectivity index (χ1v) is 20.3. The molecule has 5 N–H and O–H groups in total. The number of fused-ring (bicyclic) bond motifs is 3. The molecule has 1 aliphatic carbocycles. The molecular formula is C53H39BO6. The maximum atomic E-state index is 11.6. The van der Waals surface area contributed by atoms with Crippen LogP contribution in [-0.2, 0) is 0 Å². The maximum absolute atomic E-state index is 11.6. The third-order valence-electron chi connectivity index (χ3n) is 13.2. The van der Waals surface area contributed by atoms with Crippen LogP contribution in [0.25, 0.3) is 105 Å². The fraction of sp³-hybridized carbons (Fsp3) is 0.0943. The molecule has 1 aromatic heterocycles. The molecule has 0 amide bonds. The topological polar surface area (TPSA) is 114 Å². The van der Waals surface area contributed by atoms with E-state index in [1.807, 2.05) is 76.3 Å². The number of furan rings is 1. The SMILES string of the molecule is Bc1c(-c2ccccc2-c2cccc3c2oc2cccc(-c4ccc5ccc6c(-c7c(O)c(C)c(C)c(C=C)c7O)ccc7ccc4c5c76)c23)c(O)c(O)c(O)c1C1CC1. The summed E-state index contributed by atoms with van der Waals surface area (Å²) in [6.45, 7) is 7.69. The molecule has 0 aliphatic heterocycles. The summed E-state index contributed by atoms with van der Waals surface area (Å²) in [5.41, 5.74) is 11.1. The second-order valence-electron chi connectivity index (χ2n) is 16.3. The van der Waals surface area contributed by atoms with Gasteiger partial charge in [-0.25, -0.2) is 0 Å². The van der Waals surface area contributed by atoms with Crippen molar-refractivity contribution in [3.63, 3.8) is 0 Å². The van der Waals surface area contributed by atoms with E-state index >= 15 is 0 Å². The Balaban J connectivity index is 1.13. The van der Waals surface area contributed by atoms with Gasteiger partial charge >= 0.3 is 0 Å². The van der Waals surface area contributed by atoms with Crippen LogP contribution in [0.15, 0.2) is 120 Å². The molecule has 10 aromatic rings.